The van der Waals surface area contributed by atoms with E-state index in [1.165, 1.54) is 0 Å². The summed E-state index contributed by atoms with van der Waals surface area (Å²) in [6.45, 7) is 7.39. The van der Waals surface area contributed by atoms with Crippen molar-refractivity contribution in [2.24, 2.45) is 11.5 Å². The van der Waals surface area contributed by atoms with Gasteiger partial charge in [0, 0.05) is 24.6 Å². The number of allylic oxidation sites excluding steroid dienone is 1. The predicted octanol–water partition coefficient (Wildman–Crippen LogP) is 1.22. The molecular weight excluding hydrogens is 242 g/mol. The summed E-state index contributed by atoms with van der Waals surface area (Å²) >= 11 is 0. The molecule has 0 heterocycles. The topological polar surface area (TPSA) is 98.2 Å². The van der Waals surface area contributed by atoms with Crippen LogP contribution in [-0.4, -0.2) is 23.8 Å². The number of Topliss-reactive ketones (excluding diaryl/α,β-unsaturated/α-hetero) is 1. The highest BCUT2D eigenvalue weighted by molar-refractivity contribution is 5.88. The van der Waals surface area contributed by atoms with E-state index in [9.17, 15) is 9.59 Å². The summed E-state index contributed by atoms with van der Waals surface area (Å²) in [5, 5.41) is 2.75. The van der Waals surface area contributed by atoms with E-state index in [4.69, 9.17) is 11.5 Å². The molecule has 1 unspecified atom stereocenters. The molecule has 1 amide bonds. The van der Waals surface area contributed by atoms with Crippen LogP contribution in [0, 0.1) is 0 Å². The summed E-state index contributed by atoms with van der Waals surface area (Å²) in [5.74, 6) is -0.152. The lowest BCUT2D eigenvalue weighted by Gasteiger charge is -2.11. The van der Waals surface area contributed by atoms with Gasteiger partial charge in [-0.05, 0) is 33.1 Å². The van der Waals surface area contributed by atoms with E-state index in [0.29, 0.717) is 12.1 Å². The molecule has 0 aromatic carbocycles. The molecule has 0 aliphatic rings. The number of unbranched alkanes of at least 4 members (excludes halogenated alkanes) is 1. The number of ketones is 1. The Morgan fingerprint density at radius 1 is 1.16 bits per heavy atom. The summed E-state index contributed by atoms with van der Waals surface area (Å²) < 4.78 is 0. The number of nitrogens with two attached hydrogens (primary N) is 2. The molecule has 0 saturated carbocycles. The second-order valence-electron chi connectivity index (χ2n) is 5.20. The normalized spacial score (nSPS) is 12.2. The van der Waals surface area contributed by atoms with E-state index in [1.807, 2.05) is 13.8 Å². The predicted molar refractivity (Wildman–Crippen MR) is 77.3 cm³/mol. The third-order valence-corrected chi connectivity index (χ3v) is 2.72. The third-order valence-electron chi connectivity index (χ3n) is 2.72. The molecule has 0 bridgehead atoms. The number of rotatable bonds is 10. The van der Waals surface area contributed by atoms with Gasteiger partial charge in [0.2, 0.25) is 5.91 Å². The maximum Gasteiger partial charge on any atom is 0.220 e. The first-order chi connectivity index (χ1) is 8.82. The molecule has 0 radical (unpaired) electrons. The lowest BCUT2D eigenvalue weighted by Crippen LogP contribution is -2.33. The number of amides is 1. The zero-order valence-electron chi connectivity index (χ0n) is 12.1. The average molecular weight is 269 g/mol. The number of hydrogen-bond donors (Lipinski definition) is 3. The Hall–Kier alpha value is -1.36. The summed E-state index contributed by atoms with van der Waals surface area (Å²) in [6, 6.07) is -0.376. The highest BCUT2D eigenvalue weighted by Gasteiger charge is 2.14. The molecule has 5 heteroatoms. The molecule has 0 rings (SSSR count). The molecule has 0 saturated heterocycles. The highest BCUT2D eigenvalue weighted by atomic mass is 16.2. The van der Waals surface area contributed by atoms with E-state index in [-0.39, 0.29) is 30.6 Å². The summed E-state index contributed by atoms with van der Waals surface area (Å²) in [5.41, 5.74) is 11.9. The molecule has 0 fully saturated rings. The van der Waals surface area contributed by atoms with Gasteiger partial charge >= 0.3 is 0 Å². The van der Waals surface area contributed by atoms with E-state index in [1.54, 1.807) is 0 Å². The van der Waals surface area contributed by atoms with E-state index >= 15 is 0 Å². The molecule has 19 heavy (non-hydrogen) atoms. The van der Waals surface area contributed by atoms with Gasteiger partial charge in [-0.3, -0.25) is 9.59 Å². The zero-order chi connectivity index (χ0) is 14.8. The minimum atomic E-state index is -0.474. The minimum absolute atomic E-state index is 0.0505. The van der Waals surface area contributed by atoms with Gasteiger partial charge in [-0.1, -0.05) is 13.0 Å². The van der Waals surface area contributed by atoms with Crippen molar-refractivity contribution in [3.05, 3.63) is 12.3 Å². The SMILES string of the molecule is C=C(N)CCCCC(N)C(=O)CCC(=O)NC(C)C. The number of carbonyl (C=O) groups is 2. The largest absolute Gasteiger partial charge is 0.403 e. The van der Waals surface area contributed by atoms with E-state index < -0.39 is 6.04 Å². The Morgan fingerprint density at radius 3 is 2.32 bits per heavy atom. The van der Waals surface area contributed by atoms with E-state index in [2.05, 4.69) is 11.9 Å². The Morgan fingerprint density at radius 2 is 1.79 bits per heavy atom. The van der Waals surface area contributed by atoms with Crippen molar-refractivity contribution >= 4 is 11.7 Å². The second kappa shape index (κ2) is 9.55. The highest BCUT2D eigenvalue weighted by Crippen LogP contribution is 2.07. The second-order valence-corrected chi connectivity index (χ2v) is 5.20. The smallest absolute Gasteiger partial charge is 0.220 e. The van der Waals surface area contributed by atoms with Gasteiger partial charge < -0.3 is 16.8 Å². The first-order valence-electron chi connectivity index (χ1n) is 6.83. The Kier molecular flexibility index (Phi) is 8.87. The molecule has 0 aliphatic heterocycles. The first kappa shape index (κ1) is 17.6. The van der Waals surface area contributed by atoms with Crippen molar-refractivity contribution in [2.45, 2.75) is 64.5 Å². The Bertz CT molecular complexity index is 314. The number of hydrogen-bond acceptors (Lipinski definition) is 4. The molecule has 110 valence electrons. The van der Waals surface area contributed by atoms with Crippen molar-refractivity contribution in [3.63, 3.8) is 0 Å². The quantitative estimate of drug-likeness (QED) is 0.519. The van der Waals surface area contributed by atoms with Crippen molar-refractivity contribution < 1.29 is 9.59 Å². The van der Waals surface area contributed by atoms with Crippen LogP contribution in [-0.2, 0) is 9.59 Å². The van der Waals surface area contributed by atoms with Gasteiger partial charge in [-0.25, -0.2) is 0 Å². The van der Waals surface area contributed by atoms with Gasteiger partial charge in [-0.2, -0.15) is 0 Å². The van der Waals surface area contributed by atoms with Crippen LogP contribution in [0.5, 0.6) is 0 Å². The van der Waals surface area contributed by atoms with Gasteiger partial charge in [-0.15, -0.1) is 0 Å². The molecule has 0 aromatic rings. The van der Waals surface area contributed by atoms with Crippen LogP contribution in [0.2, 0.25) is 0 Å². The van der Waals surface area contributed by atoms with Crippen molar-refractivity contribution in [1.29, 1.82) is 0 Å². The molecule has 5 nitrogen and oxygen atoms in total. The molecule has 0 aromatic heterocycles. The van der Waals surface area contributed by atoms with Gasteiger partial charge in [0.05, 0.1) is 6.04 Å². The fourth-order valence-corrected chi connectivity index (χ4v) is 1.69. The first-order valence-corrected chi connectivity index (χ1v) is 6.83. The lowest BCUT2D eigenvalue weighted by molar-refractivity contribution is -0.126. The third kappa shape index (κ3) is 10.3. The van der Waals surface area contributed by atoms with Crippen molar-refractivity contribution in [3.8, 4) is 0 Å². The standard InChI is InChI=1S/C14H27N3O2/c1-10(2)17-14(19)9-8-13(18)12(16)7-5-4-6-11(3)15/h10,12H,3-9,15-16H2,1-2H3,(H,17,19). The lowest BCUT2D eigenvalue weighted by atomic mass is 10.0. The summed E-state index contributed by atoms with van der Waals surface area (Å²) in [7, 11) is 0. The Labute approximate surface area is 115 Å². The maximum absolute atomic E-state index is 11.7. The van der Waals surface area contributed by atoms with Crippen LogP contribution in [0.4, 0.5) is 0 Å². The fraction of sp³-hybridized carbons (Fsp3) is 0.714. The molecule has 0 spiro atoms. The minimum Gasteiger partial charge on any atom is -0.403 e. The average Bonchev–Trinajstić information content (AvgIpc) is 2.30. The van der Waals surface area contributed by atoms with Crippen molar-refractivity contribution in [2.75, 3.05) is 0 Å². The van der Waals surface area contributed by atoms with Gasteiger partial charge in [0.25, 0.3) is 0 Å². The monoisotopic (exact) mass is 269 g/mol. The van der Waals surface area contributed by atoms with Crippen LogP contribution >= 0.6 is 0 Å². The number of carbonyl (C=O) groups excluding carboxylic acids is 2. The van der Waals surface area contributed by atoms with Crippen LogP contribution in [0.3, 0.4) is 0 Å². The summed E-state index contributed by atoms with van der Waals surface area (Å²) in [4.78, 5) is 23.1. The maximum atomic E-state index is 11.7. The zero-order valence-corrected chi connectivity index (χ0v) is 12.1. The summed E-state index contributed by atoms with van der Waals surface area (Å²) in [6.07, 6.45) is 3.56. The molecule has 0 aliphatic carbocycles. The number of nitrogens with one attached hydrogen (secondary N) is 1. The van der Waals surface area contributed by atoms with Crippen LogP contribution < -0.4 is 16.8 Å². The van der Waals surface area contributed by atoms with Gasteiger partial charge in [0.1, 0.15) is 5.78 Å². The fourth-order valence-electron chi connectivity index (χ4n) is 1.69. The molecular formula is C14H27N3O2. The van der Waals surface area contributed by atoms with Crippen molar-refractivity contribution in [1.82, 2.24) is 5.32 Å². The Balaban J connectivity index is 3.75. The van der Waals surface area contributed by atoms with Crippen LogP contribution in [0.1, 0.15) is 52.4 Å². The molecule has 1 atom stereocenters. The van der Waals surface area contributed by atoms with Crippen LogP contribution in [0.25, 0.3) is 0 Å². The molecule has 5 N–H and O–H groups in total. The van der Waals surface area contributed by atoms with Gasteiger partial charge in [0.15, 0.2) is 0 Å². The van der Waals surface area contributed by atoms with E-state index in [0.717, 1.165) is 19.3 Å². The van der Waals surface area contributed by atoms with Crippen LogP contribution in [0.15, 0.2) is 12.3 Å².